The molecule has 3 rings (SSSR count). The van der Waals surface area contributed by atoms with Crippen molar-refractivity contribution in [3.8, 4) is 0 Å². The van der Waals surface area contributed by atoms with Crippen LogP contribution in [0, 0.1) is 0 Å². The van der Waals surface area contributed by atoms with Crippen LogP contribution in [-0.4, -0.2) is 36.6 Å². The molecular formula is C15H20N2O2. The van der Waals surface area contributed by atoms with E-state index in [4.69, 9.17) is 10.5 Å². The van der Waals surface area contributed by atoms with Crippen molar-refractivity contribution in [2.75, 3.05) is 25.4 Å². The molecule has 1 aliphatic carbocycles. The summed E-state index contributed by atoms with van der Waals surface area (Å²) in [5, 5.41) is 0. The molecule has 2 aliphatic rings. The van der Waals surface area contributed by atoms with Gasteiger partial charge in [-0.3, -0.25) is 4.79 Å². The quantitative estimate of drug-likeness (QED) is 0.821. The van der Waals surface area contributed by atoms with Gasteiger partial charge < -0.3 is 15.4 Å². The van der Waals surface area contributed by atoms with Crippen molar-refractivity contribution in [3.63, 3.8) is 0 Å². The molecule has 0 aromatic heterocycles. The Bertz CT molecular complexity index is 479. The fourth-order valence-electron chi connectivity index (χ4n) is 2.86. The Labute approximate surface area is 113 Å². The fraction of sp³-hybridized carbons (Fsp3) is 0.533. The number of anilines is 1. The van der Waals surface area contributed by atoms with Crippen molar-refractivity contribution in [1.29, 1.82) is 0 Å². The predicted molar refractivity (Wildman–Crippen MR) is 73.8 cm³/mol. The molecule has 2 N–H and O–H groups in total. The molecule has 0 radical (unpaired) electrons. The average Bonchev–Trinajstić information content (AvgIpc) is 3.20. The van der Waals surface area contributed by atoms with E-state index in [1.165, 1.54) is 0 Å². The highest BCUT2D eigenvalue weighted by molar-refractivity contribution is 5.91. The maximum absolute atomic E-state index is 12.8. The average molecular weight is 260 g/mol. The second kappa shape index (κ2) is 4.53. The van der Waals surface area contributed by atoms with E-state index in [1.807, 2.05) is 36.1 Å². The van der Waals surface area contributed by atoms with Crippen LogP contribution in [-0.2, 0) is 14.9 Å². The number of rotatable bonds is 2. The summed E-state index contributed by atoms with van der Waals surface area (Å²) < 4.78 is 5.50. The van der Waals surface area contributed by atoms with Crippen LogP contribution in [0.2, 0.25) is 0 Å². The molecule has 1 aliphatic heterocycles. The molecule has 19 heavy (non-hydrogen) atoms. The van der Waals surface area contributed by atoms with E-state index >= 15 is 0 Å². The van der Waals surface area contributed by atoms with Crippen LogP contribution in [0.15, 0.2) is 24.3 Å². The van der Waals surface area contributed by atoms with Gasteiger partial charge in [0.15, 0.2) is 0 Å². The highest BCUT2D eigenvalue weighted by atomic mass is 16.5. The molecule has 1 amide bonds. The van der Waals surface area contributed by atoms with Gasteiger partial charge in [-0.25, -0.2) is 0 Å². The van der Waals surface area contributed by atoms with Crippen LogP contribution in [0.3, 0.4) is 0 Å². The SMILES string of the molecule is CC1CN(C(=O)C2(c3ccc(N)cc3)CC2)CCO1. The van der Waals surface area contributed by atoms with Gasteiger partial charge in [-0.2, -0.15) is 0 Å². The van der Waals surface area contributed by atoms with Gasteiger partial charge >= 0.3 is 0 Å². The molecular weight excluding hydrogens is 240 g/mol. The first-order valence-corrected chi connectivity index (χ1v) is 6.89. The van der Waals surface area contributed by atoms with Crippen LogP contribution in [0.4, 0.5) is 5.69 Å². The number of hydrogen-bond donors (Lipinski definition) is 1. The molecule has 102 valence electrons. The molecule has 1 atom stereocenters. The Balaban J connectivity index is 1.80. The minimum Gasteiger partial charge on any atom is -0.399 e. The van der Waals surface area contributed by atoms with Crippen LogP contribution in [0.1, 0.15) is 25.3 Å². The number of benzene rings is 1. The molecule has 4 heteroatoms. The summed E-state index contributed by atoms with van der Waals surface area (Å²) >= 11 is 0. The first kappa shape index (κ1) is 12.5. The number of carbonyl (C=O) groups is 1. The van der Waals surface area contributed by atoms with E-state index < -0.39 is 0 Å². The van der Waals surface area contributed by atoms with E-state index in [-0.39, 0.29) is 17.4 Å². The molecule has 1 saturated heterocycles. The van der Waals surface area contributed by atoms with Gasteiger partial charge in [0.25, 0.3) is 0 Å². The van der Waals surface area contributed by atoms with Crippen molar-refractivity contribution in [2.45, 2.75) is 31.3 Å². The van der Waals surface area contributed by atoms with Crippen molar-refractivity contribution < 1.29 is 9.53 Å². The first-order chi connectivity index (χ1) is 9.12. The van der Waals surface area contributed by atoms with Crippen molar-refractivity contribution in [3.05, 3.63) is 29.8 Å². The molecule has 1 aromatic rings. The van der Waals surface area contributed by atoms with Crippen LogP contribution >= 0.6 is 0 Å². The second-order valence-corrected chi connectivity index (χ2v) is 5.64. The Kier molecular flexibility index (Phi) is 2.97. The summed E-state index contributed by atoms with van der Waals surface area (Å²) in [6.07, 6.45) is 2.03. The highest BCUT2D eigenvalue weighted by Crippen LogP contribution is 2.49. The Morgan fingerprint density at radius 3 is 2.63 bits per heavy atom. The van der Waals surface area contributed by atoms with E-state index in [2.05, 4.69) is 0 Å². The van der Waals surface area contributed by atoms with Gasteiger partial charge in [0.1, 0.15) is 0 Å². The zero-order valence-corrected chi connectivity index (χ0v) is 11.3. The van der Waals surface area contributed by atoms with E-state index in [1.54, 1.807) is 0 Å². The number of hydrogen-bond acceptors (Lipinski definition) is 3. The summed E-state index contributed by atoms with van der Waals surface area (Å²) in [5.74, 6) is 0.257. The van der Waals surface area contributed by atoms with Crippen LogP contribution < -0.4 is 5.73 Å². The molecule has 0 bridgehead atoms. The molecule has 1 aromatic carbocycles. The number of ether oxygens (including phenoxy) is 1. The number of carbonyl (C=O) groups excluding carboxylic acids is 1. The molecule has 1 unspecified atom stereocenters. The number of nitrogens with two attached hydrogens (primary N) is 1. The van der Waals surface area contributed by atoms with E-state index in [9.17, 15) is 4.79 Å². The van der Waals surface area contributed by atoms with Gasteiger partial charge in [0.2, 0.25) is 5.91 Å². The predicted octanol–water partition coefficient (Wildman–Crippen LogP) is 1.55. The third-order valence-corrected chi connectivity index (χ3v) is 4.15. The molecule has 1 saturated carbocycles. The van der Waals surface area contributed by atoms with Gasteiger partial charge in [0, 0.05) is 18.8 Å². The monoisotopic (exact) mass is 260 g/mol. The van der Waals surface area contributed by atoms with E-state index in [0.29, 0.717) is 19.7 Å². The minimum absolute atomic E-state index is 0.139. The third-order valence-electron chi connectivity index (χ3n) is 4.15. The number of nitrogens with zero attached hydrogens (tertiary/aromatic N) is 1. The maximum atomic E-state index is 12.8. The lowest BCUT2D eigenvalue weighted by molar-refractivity contribution is -0.140. The first-order valence-electron chi connectivity index (χ1n) is 6.89. The smallest absolute Gasteiger partial charge is 0.233 e. The van der Waals surface area contributed by atoms with Crippen molar-refractivity contribution in [1.82, 2.24) is 4.90 Å². The minimum atomic E-state index is -0.287. The molecule has 2 fully saturated rings. The maximum Gasteiger partial charge on any atom is 0.233 e. The normalized spacial score (nSPS) is 25.1. The zero-order chi connectivity index (χ0) is 13.5. The summed E-state index contributed by atoms with van der Waals surface area (Å²) in [7, 11) is 0. The molecule has 4 nitrogen and oxygen atoms in total. The summed E-state index contributed by atoms with van der Waals surface area (Å²) in [6.45, 7) is 4.07. The Morgan fingerprint density at radius 1 is 1.37 bits per heavy atom. The molecule has 0 spiro atoms. The highest BCUT2D eigenvalue weighted by Gasteiger charge is 2.53. The largest absolute Gasteiger partial charge is 0.399 e. The molecule has 1 heterocycles. The third kappa shape index (κ3) is 2.21. The lowest BCUT2D eigenvalue weighted by Crippen LogP contribution is -2.48. The van der Waals surface area contributed by atoms with Crippen LogP contribution in [0.5, 0.6) is 0 Å². The Hall–Kier alpha value is -1.55. The Morgan fingerprint density at radius 2 is 2.05 bits per heavy atom. The lowest BCUT2D eigenvalue weighted by Gasteiger charge is -2.34. The topological polar surface area (TPSA) is 55.6 Å². The van der Waals surface area contributed by atoms with Crippen molar-refractivity contribution >= 4 is 11.6 Å². The standard InChI is InChI=1S/C15H20N2O2/c1-11-10-17(8-9-19-11)14(18)15(6-7-15)12-2-4-13(16)5-3-12/h2-5,11H,6-10,16H2,1H3. The lowest BCUT2D eigenvalue weighted by atomic mass is 9.93. The van der Waals surface area contributed by atoms with Gasteiger partial charge in [-0.15, -0.1) is 0 Å². The van der Waals surface area contributed by atoms with Gasteiger partial charge in [-0.05, 0) is 37.5 Å². The van der Waals surface area contributed by atoms with Crippen molar-refractivity contribution in [2.24, 2.45) is 0 Å². The zero-order valence-electron chi connectivity index (χ0n) is 11.3. The summed E-state index contributed by atoms with van der Waals surface area (Å²) in [5.41, 5.74) is 7.27. The van der Waals surface area contributed by atoms with Gasteiger partial charge in [0.05, 0.1) is 18.1 Å². The second-order valence-electron chi connectivity index (χ2n) is 5.64. The summed E-state index contributed by atoms with van der Waals surface area (Å²) in [4.78, 5) is 14.7. The van der Waals surface area contributed by atoms with Gasteiger partial charge in [-0.1, -0.05) is 12.1 Å². The summed E-state index contributed by atoms with van der Waals surface area (Å²) in [6, 6.07) is 7.74. The fourth-order valence-corrected chi connectivity index (χ4v) is 2.86. The number of amides is 1. The van der Waals surface area contributed by atoms with E-state index in [0.717, 1.165) is 24.1 Å². The van der Waals surface area contributed by atoms with Crippen LogP contribution in [0.25, 0.3) is 0 Å². The number of morpholine rings is 1. The number of nitrogen functional groups attached to an aromatic ring is 1.